The van der Waals surface area contributed by atoms with Gasteiger partial charge in [0.2, 0.25) is 0 Å². The van der Waals surface area contributed by atoms with Crippen LogP contribution >= 0.6 is 0 Å². The summed E-state index contributed by atoms with van der Waals surface area (Å²) in [6.07, 6.45) is 3.88. The highest BCUT2D eigenvalue weighted by Crippen LogP contribution is 2.41. The average Bonchev–Trinajstić information content (AvgIpc) is 2.85. The molecule has 1 aromatic rings. The van der Waals surface area contributed by atoms with E-state index in [2.05, 4.69) is 4.98 Å². The second-order valence-electron chi connectivity index (χ2n) is 3.41. The Morgan fingerprint density at radius 1 is 1.50 bits per heavy atom. The van der Waals surface area contributed by atoms with Gasteiger partial charge in [0.25, 0.3) is 0 Å². The van der Waals surface area contributed by atoms with Crippen LogP contribution in [0.5, 0.6) is 0 Å². The Bertz CT molecular complexity index is 292. The number of aromatic nitrogens is 1. The van der Waals surface area contributed by atoms with Gasteiger partial charge in [0.15, 0.2) is 0 Å². The first-order valence-electron chi connectivity index (χ1n) is 4.19. The molecule has 0 bridgehead atoms. The number of nitrogens with two attached hydrogens (primary N) is 2. The summed E-state index contributed by atoms with van der Waals surface area (Å²) in [7, 11) is 0. The summed E-state index contributed by atoms with van der Waals surface area (Å²) < 4.78 is 0. The molecule has 1 fully saturated rings. The second-order valence-corrected chi connectivity index (χ2v) is 3.41. The lowest BCUT2D eigenvalue weighted by Crippen LogP contribution is -2.20. The van der Waals surface area contributed by atoms with Crippen LogP contribution in [0.1, 0.15) is 24.1 Å². The lowest BCUT2D eigenvalue weighted by Gasteiger charge is -2.08. The molecule has 64 valence electrons. The van der Waals surface area contributed by atoms with Gasteiger partial charge < -0.3 is 11.5 Å². The molecule has 0 aromatic carbocycles. The van der Waals surface area contributed by atoms with Crippen molar-refractivity contribution in [2.45, 2.75) is 24.9 Å². The molecular weight excluding hydrogens is 150 g/mol. The van der Waals surface area contributed by atoms with Gasteiger partial charge in [0.1, 0.15) is 0 Å². The number of nitrogens with zero attached hydrogens (tertiary/aromatic N) is 1. The maximum absolute atomic E-state index is 5.99. The van der Waals surface area contributed by atoms with Gasteiger partial charge in [0, 0.05) is 12.7 Å². The lowest BCUT2D eigenvalue weighted by atomic mass is 10.1. The summed E-state index contributed by atoms with van der Waals surface area (Å²) in [5.74, 6) is 0. The van der Waals surface area contributed by atoms with Crippen molar-refractivity contribution < 1.29 is 0 Å². The summed E-state index contributed by atoms with van der Waals surface area (Å²) in [4.78, 5) is 4.24. The van der Waals surface area contributed by atoms with Crippen LogP contribution in [0.15, 0.2) is 18.3 Å². The van der Waals surface area contributed by atoms with Crippen molar-refractivity contribution in [3.63, 3.8) is 0 Å². The van der Waals surface area contributed by atoms with Crippen LogP contribution in [-0.2, 0) is 12.1 Å². The topological polar surface area (TPSA) is 64.9 Å². The fraction of sp³-hybridized carbons (Fsp3) is 0.444. The molecule has 0 radical (unpaired) electrons. The number of hydrogen-bond donors (Lipinski definition) is 2. The Kier molecular flexibility index (Phi) is 1.63. The van der Waals surface area contributed by atoms with Gasteiger partial charge in [-0.25, -0.2) is 0 Å². The zero-order valence-corrected chi connectivity index (χ0v) is 6.96. The van der Waals surface area contributed by atoms with Crippen LogP contribution in [0.25, 0.3) is 0 Å². The molecule has 1 aliphatic rings. The summed E-state index contributed by atoms with van der Waals surface area (Å²) in [6.45, 7) is 0.561. The van der Waals surface area contributed by atoms with E-state index in [-0.39, 0.29) is 5.54 Å². The van der Waals surface area contributed by atoms with E-state index in [1.54, 1.807) is 6.20 Å². The van der Waals surface area contributed by atoms with Crippen molar-refractivity contribution >= 4 is 0 Å². The second kappa shape index (κ2) is 2.54. The van der Waals surface area contributed by atoms with Gasteiger partial charge in [-0.1, -0.05) is 0 Å². The summed E-state index contributed by atoms with van der Waals surface area (Å²) in [5, 5.41) is 0. The molecule has 3 nitrogen and oxygen atoms in total. The first-order valence-corrected chi connectivity index (χ1v) is 4.19. The largest absolute Gasteiger partial charge is 0.326 e. The zero-order valence-electron chi connectivity index (χ0n) is 6.96. The highest BCUT2D eigenvalue weighted by atomic mass is 14.9. The Labute approximate surface area is 71.8 Å². The SMILES string of the molecule is NCc1ccnc(C2(N)CC2)c1. The predicted molar refractivity (Wildman–Crippen MR) is 47.2 cm³/mol. The van der Waals surface area contributed by atoms with Crippen LogP contribution in [0.4, 0.5) is 0 Å². The van der Waals surface area contributed by atoms with Crippen molar-refractivity contribution in [3.8, 4) is 0 Å². The monoisotopic (exact) mass is 163 g/mol. The van der Waals surface area contributed by atoms with Crippen LogP contribution in [-0.4, -0.2) is 4.98 Å². The summed E-state index contributed by atoms with van der Waals surface area (Å²) in [6, 6.07) is 3.93. The van der Waals surface area contributed by atoms with Gasteiger partial charge in [-0.3, -0.25) is 4.98 Å². The van der Waals surface area contributed by atoms with Gasteiger partial charge in [-0.05, 0) is 30.5 Å². The Morgan fingerprint density at radius 3 is 2.83 bits per heavy atom. The molecule has 0 saturated heterocycles. The van der Waals surface area contributed by atoms with Crippen LogP contribution < -0.4 is 11.5 Å². The molecule has 1 saturated carbocycles. The molecule has 12 heavy (non-hydrogen) atoms. The lowest BCUT2D eigenvalue weighted by molar-refractivity contribution is 0.705. The van der Waals surface area contributed by atoms with E-state index in [1.807, 2.05) is 12.1 Å². The molecule has 0 aliphatic heterocycles. The molecule has 1 heterocycles. The predicted octanol–water partition coefficient (Wildman–Crippen LogP) is 0.488. The Hall–Kier alpha value is -0.930. The molecule has 0 unspecified atom stereocenters. The van der Waals surface area contributed by atoms with Crippen molar-refractivity contribution in [2.24, 2.45) is 11.5 Å². The molecule has 3 heteroatoms. The van der Waals surface area contributed by atoms with Gasteiger partial charge in [0.05, 0.1) is 11.2 Å². The van der Waals surface area contributed by atoms with Gasteiger partial charge >= 0.3 is 0 Å². The van der Waals surface area contributed by atoms with Gasteiger partial charge in [-0.2, -0.15) is 0 Å². The van der Waals surface area contributed by atoms with Crippen molar-refractivity contribution in [2.75, 3.05) is 0 Å². The van der Waals surface area contributed by atoms with Crippen LogP contribution in [0.2, 0.25) is 0 Å². The number of hydrogen-bond acceptors (Lipinski definition) is 3. The maximum Gasteiger partial charge on any atom is 0.0605 e. The minimum atomic E-state index is -0.134. The van der Waals surface area contributed by atoms with Crippen LogP contribution in [0, 0.1) is 0 Å². The molecule has 1 aromatic heterocycles. The first-order chi connectivity index (χ1) is 5.74. The molecule has 0 atom stereocenters. The minimum Gasteiger partial charge on any atom is -0.326 e. The number of rotatable bonds is 2. The smallest absolute Gasteiger partial charge is 0.0605 e. The summed E-state index contributed by atoms with van der Waals surface area (Å²) >= 11 is 0. The fourth-order valence-corrected chi connectivity index (χ4v) is 1.26. The third-order valence-corrected chi connectivity index (χ3v) is 2.36. The third kappa shape index (κ3) is 1.21. The Balaban J connectivity index is 2.32. The van der Waals surface area contributed by atoms with E-state index in [0.717, 1.165) is 24.1 Å². The van der Waals surface area contributed by atoms with Crippen molar-refractivity contribution in [1.29, 1.82) is 0 Å². The standard InChI is InChI=1S/C9H13N3/c10-6-7-1-4-12-8(5-7)9(11)2-3-9/h1,4-5H,2-3,6,10-11H2. The quantitative estimate of drug-likeness (QED) is 0.666. The molecule has 2 rings (SSSR count). The van der Waals surface area contributed by atoms with E-state index in [0.29, 0.717) is 6.54 Å². The average molecular weight is 163 g/mol. The number of pyridine rings is 1. The zero-order chi connectivity index (χ0) is 8.60. The van der Waals surface area contributed by atoms with Crippen molar-refractivity contribution in [1.82, 2.24) is 4.98 Å². The van der Waals surface area contributed by atoms with Crippen LogP contribution in [0.3, 0.4) is 0 Å². The maximum atomic E-state index is 5.99. The molecule has 0 spiro atoms. The normalized spacial score (nSPS) is 19.2. The molecule has 1 aliphatic carbocycles. The highest BCUT2D eigenvalue weighted by molar-refractivity contribution is 5.26. The van der Waals surface area contributed by atoms with Crippen molar-refractivity contribution in [3.05, 3.63) is 29.6 Å². The third-order valence-electron chi connectivity index (χ3n) is 2.36. The first kappa shape index (κ1) is 7.71. The summed E-state index contributed by atoms with van der Waals surface area (Å²) in [5.41, 5.74) is 13.5. The van der Waals surface area contributed by atoms with E-state index >= 15 is 0 Å². The van der Waals surface area contributed by atoms with E-state index in [1.165, 1.54) is 0 Å². The van der Waals surface area contributed by atoms with E-state index in [9.17, 15) is 0 Å². The van der Waals surface area contributed by atoms with E-state index in [4.69, 9.17) is 11.5 Å². The van der Waals surface area contributed by atoms with E-state index < -0.39 is 0 Å². The highest BCUT2D eigenvalue weighted by Gasteiger charge is 2.41. The van der Waals surface area contributed by atoms with Gasteiger partial charge in [-0.15, -0.1) is 0 Å². The molecular formula is C9H13N3. The molecule has 4 N–H and O–H groups in total. The molecule has 0 amide bonds. The fourth-order valence-electron chi connectivity index (χ4n) is 1.26. The Morgan fingerprint density at radius 2 is 2.25 bits per heavy atom. The minimum absolute atomic E-state index is 0.134.